The summed E-state index contributed by atoms with van der Waals surface area (Å²) >= 11 is 0. The van der Waals surface area contributed by atoms with Crippen LogP contribution >= 0.6 is 0 Å². The van der Waals surface area contributed by atoms with Gasteiger partial charge in [0.05, 0.1) is 0 Å². The van der Waals surface area contributed by atoms with E-state index in [9.17, 15) is 14.7 Å². The number of hydrogen-bond donors (Lipinski definition) is 1. The number of hydrogen-bond acceptors (Lipinski definition) is 3. The van der Waals surface area contributed by atoms with Crippen LogP contribution in [0.15, 0.2) is 11.1 Å². The normalized spacial score (nSPS) is 42.7. The minimum atomic E-state index is -0.667. The van der Waals surface area contributed by atoms with E-state index in [1.165, 1.54) is 38.5 Å². The Labute approximate surface area is 200 Å². The highest BCUT2D eigenvalue weighted by Gasteiger charge is 2.63. The third-order valence-electron chi connectivity index (χ3n) is 11.6. The molecule has 7 unspecified atom stereocenters. The van der Waals surface area contributed by atoms with Crippen LogP contribution in [0.3, 0.4) is 0 Å². The number of aliphatic carboxylic acids is 1. The minimum absolute atomic E-state index is 0.0115. The number of allylic oxidation sites excluding steroid dienone is 2. The zero-order valence-corrected chi connectivity index (χ0v) is 22.1. The van der Waals surface area contributed by atoms with Crippen molar-refractivity contribution in [2.24, 2.45) is 39.4 Å². The van der Waals surface area contributed by atoms with Crippen LogP contribution in [-0.2, 0) is 14.3 Å². The van der Waals surface area contributed by atoms with E-state index < -0.39 is 5.97 Å². The lowest BCUT2D eigenvalue weighted by atomic mass is 9.43. The van der Waals surface area contributed by atoms with E-state index >= 15 is 0 Å². The summed E-state index contributed by atoms with van der Waals surface area (Å²) < 4.78 is 5.83. The molecule has 4 nitrogen and oxygen atoms in total. The molecule has 0 radical (unpaired) electrons. The highest BCUT2D eigenvalue weighted by atomic mass is 16.5. The fourth-order valence-electron chi connectivity index (χ4n) is 9.58. The maximum Gasteiger partial charge on any atom is 0.303 e. The highest BCUT2D eigenvalue weighted by Crippen LogP contribution is 2.72. The predicted molar refractivity (Wildman–Crippen MR) is 131 cm³/mol. The first-order valence-corrected chi connectivity index (χ1v) is 13.4. The zero-order valence-electron chi connectivity index (χ0n) is 22.1. The van der Waals surface area contributed by atoms with Gasteiger partial charge in [-0.15, -0.1) is 0 Å². The highest BCUT2D eigenvalue weighted by molar-refractivity contribution is 5.66. The fourth-order valence-corrected chi connectivity index (χ4v) is 9.58. The van der Waals surface area contributed by atoms with Gasteiger partial charge >= 0.3 is 11.9 Å². The second-order valence-electron chi connectivity index (χ2n) is 13.2. The van der Waals surface area contributed by atoms with Gasteiger partial charge in [0, 0.05) is 18.8 Å². The molecular weight excluding hydrogens is 412 g/mol. The molecule has 4 aliphatic rings. The van der Waals surface area contributed by atoms with Crippen LogP contribution in [0.1, 0.15) is 113 Å². The molecule has 0 aromatic heterocycles. The molecule has 4 heteroatoms. The summed E-state index contributed by atoms with van der Waals surface area (Å²) in [4.78, 5) is 23.0. The Bertz CT molecular complexity index is 856. The summed E-state index contributed by atoms with van der Waals surface area (Å²) in [6, 6.07) is 0. The molecule has 7 atom stereocenters. The van der Waals surface area contributed by atoms with Crippen molar-refractivity contribution in [2.45, 2.75) is 119 Å². The number of rotatable bonds is 5. The Kier molecular flexibility index (Phi) is 6.10. The third kappa shape index (κ3) is 3.60. The van der Waals surface area contributed by atoms with Crippen molar-refractivity contribution < 1.29 is 19.4 Å². The molecule has 1 N–H and O–H groups in total. The molecule has 2 fully saturated rings. The van der Waals surface area contributed by atoms with E-state index in [0.717, 1.165) is 19.3 Å². The Morgan fingerprint density at radius 2 is 1.70 bits per heavy atom. The van der Waals surface area contributed by atoms with Crippen LogP contribution in [0.4, 0.5) is 0 Å². The summed E-state index contributed by atoms with van der Waals surface area (Å²) in [5.41, 5.74) is 4.18. The minimum Gasteiger partial charge on any atom is -0.481 e. The van der Waals surface area contributed by atoms with Gasteiger partial charge in [-0.25, -0.2) is 0 Å². The monoisotopic (exact) mass is 458 g/mol. The fraction of sp³-hybridized carbons (Fsp3) is 0.862. The average molecular weight is 459 g/mol. The van der Waals surface area contributed by atoms with Crippen molar-refractivity contribution in [1.82, 2.24) is 0 Å². The molecule has 4 rings (SSSR count). The number of carboxylic acids is 1. The number of carbonyl (C=O) groups is 2. The smallest absolute Gasteiger partial charge is 0.303 e. The third-order valence-corrected chi connectivity index (χ3v) is 11.6. The van der Waals surface area contributed by atoms with E-state index in [-0.39, 0.29) is 40.2 Å². The number of carboxylic acid groups (broad SMARTS) is 1. The molecule has 0 aromatic carbocycles. The van der Waals surface area contributed by atoms with Crippen LogP contribution in [0, 0.1) is 39.4 Å². The quantitative estimate of drug-likeness (QED) is 0.350. The van der Waals surface area contributed by atoms with E-state index in [0.29, 0.717) is 17.8 Å². The van der Waals surface area contributed by atoms with Gasteiger partial charge in [-0.1, -0.05) is 52.7 Å². The van der Waals surface area contributed by atoms with Gasteiger partial charge in [-0.2, -0.15) is 0 Å². The number of carbonyl (C=O) groups excluding carboxylic acids is 1. The maximum absolute atomic E-state index is 11.8. The van der Waals surface area contributed by atoms with Crippen molar-refractivity contribution in [3.05, 3.63) is 11.1 Å². The van der Waals surface area contributed by atoms with E-state index in [2.05, 4.69) is 41.5 Å². The van der Waals surface area contributed by atoms with Crippen LogP contribution in [-0.4, -0.2) is 23.1 Å². The van der Waals surface area contributed by atoms with Gasteiger partial charge in [0.25, 0.3) is 0 Å². The van der Waals surface area contributed by atoms with Crippen LogP contribution in [0.2, 0.25) is 0 Å². The summed E-state index contributed by atoms with van der Waals surface area (Å²) in [7, 11) is 0. The predicted octanol–water partition coefficient (Wildman–Crippen LogP) is 7.17. The summed E-state index contributed by atoms with van der Waals surface area (Å²) in [5, 5.41) is 9.22. The first-order chi connectivity index (χ1) is 15.3. The maximum atomic E-state index is 11.8. The van der Waals surface area contributed by atoms with Crippen molar-refractivity contribution in [2.75, 3.05) is 0 Å². The van der Waals surface area contributed by atoms with Crippen molar-refractivity contribution >= 4 is 11.9 Å². The molecule has 0 aliphatic heterocycles. The summed E-state index contributed by atoms with van der Waals surface area (Å²) in [6.07, 6.45) is 10.4. The molecule has 0 spiro atoms. The number of esters is 1. The number of fused-ring (bicyclic) bond motifs is 4. The van der Waals surface area contributed by atoms with E-state index in [4.69, 9.17) is 4.74 Å². The Balaban J connectivity index is 1.65. The van der Waals surface area contributed by atoms with Gasteiger partial charge in [0.1, 0.15) is 6.10 Å². The Morgan fingerprint density at radius 3 is 2.33 bits per heavy atom. The van der Waals surface area contributed by atoms with Gasteiger partial charge in [0.15, 0.2) is 0 Å². The van der Waals surface area contributed by atoms with E-state index in [1.54, 1.807) is 18.1 Å². The molecule has 0 amide bonds. The molecular formula is C29H46O4. The van der Waals surface area contributed by atoms with Crippen LogP contribution < -0.4 is 0 Å². The van der Waals surface area contributed by atoms with Gasteiger partial charge in [-0.05, 0) is 91.8 Å². The largest absolute Gasteiger partial charge is 0.481 e. The SMILES string of the molecule is CC(=O)OC1CCC2(C)C3=C(CCC2C1(C)C)C1(C)CCC(C(C)CCC(=O)O)C1(C)CC3. The summed E-state index contributed by atoms with van der Waals surface area (Å²) in [5.74, 6) is 0.793. The zero-order chi connectivity index (χ0) is 24.4. The van der Waals surface area contributed by atoms with Crippen molar-refractivity contribution in [3.63, 3.8) is 0 Å². The molecule has 0 heterocycles. The Morgan fingerprint density at radius 1 is 1.00 bits per heavy atom. The topological polar surface area (TPSA) is 63.6 Å². The lowest BCUT2D eigenvalue weighted by Gasteiger charge is -2.62. The second kappa shape index (κ2) is 8.12. The molecule has 2 saturated carbocycles. The van der Waals surface area contributed by atoms with Crippen LogP contribution in [0.25, 0.3) is 0 Å². The lowest BCUT2D eigenvalue weighted by molar-refractivity contribution is -0.167. The first kappa shape index (κ1) is 24.8. The molecule has 0 aromatic rings. The van der Waals surface area contributed by atoms with E-state index in [1.807, 2.05) is 0 Å². The van der Waals surface area contributed by atoms with Gasteiger partial charge < -0.3 is 9.84 Å². The summed E-state index contributed by atoms with van der Waals surface area (Å²) in [6.45, 7) is 16.1. The lowest BCUT2D eigenvalue weighted by Crippen LogP contribution is -2.55. The number of ether oxygens (including phenoxy) is 1. The molecule has 33 heavy (non-hydrogen) atoms. The van der Waals surface area contributed by atoms with Gasteiger partial charge in [0.2, 0.25) is 0 Å². The molecule has 186 valence electrons. The van der Waals surface area contributed by atoms with Crippen molar-refractivity contribution in [3.8, 4) is 0 Å². The molecule has 4 aliphatic carbocycles. The standard InChI is InChI=1S/C29H46O4/c1-18(8-11-25(31)32)20-12-16-29(7)22-9-10-23-26(3,4)24(33-19(2)30)14-15-27(23,5)21(22)13-17-28(20,29)6/h18,20,23-24H,8-17H2,1-7H3,(H,31,32). The Hall–Kier alpha value is -1.32. The first-order valence-electron chi connectivity index (χ1n) is 13.4. The molecule has 0 saturated heterocycles. The van der Waals surface area contributed by atoms with Crippen molar-refractivity contribution in [1.29, 1.82) is 0 Å². The second-order valence-corrected chi connectivity index (χ2v) is 13.2. The van der Waals surface area contributed by atoms with Gasteiger partial charge in [-0.3, -0.25) is 9.59 Å². The molecule has 0 bridgehead atoms. The van der Waals surface area contributed by atoms with Crippen LogP contribution in [0.5, 0.6) is 0 Å². The average Bonchev–Trinajstić information content (AvgIpc) is 3.00.